The topological polar surface area (TPSA) is 89.2 Å². The van der Waals surface area contributed by atoms with Crippen LogP contribution in [0.4, 0.5) is 0 Å². The maximum absolute atomic E-state index is 13.8. The van der Waals surface area contributed by atoms with Crippen LogP contribution < -0.4 is 11.0 Å². The number of nitrogens with zero attached hydrogens (tertiary/aromatic N) is 3. The molecule has 0 saturated heterocycles. The zero-order valence-electron chi connectivity index (χ0n) is 19.9. The van der Waals surface area contributed by atoms with E-state index >= 15 is 0 Å². The van der Waals surface area contributed by atoms with Crippen LogP contribution >= 0.6 is 12.4 Å². The minimum atomic E-state index is -0.735. The van der Waals surface area contributed by atoms with Gasteiger partial charge in [-0.15, -0.1) is 17.5 Å². The Hall–Kier alpha value is -2.90. The number of hydrogen-bond donors (Lipinski definition) is 2. The Morgan fingerprint density at radius 3 is 2.43 bits per heavy atom. The van der Waals surface area contributed by atoms with E-state index in [4.69, 9.17) is 10.2 Å². The third kappa shape index (κ3) is 5.52. The van der Waals surface area contributed by atoms with Gasteiger partial charge in [0.25, 0.3) is 0 Å². The summed E-state index contributed by atoms with van der Waals surface area (Å²) in [7, 11) is 0. The molecule has 7 nitrogen and oxygen atoms in total. The van der Waals surface area contributed by atoms with Crippen molar-refractivity contribution in [1.82, 2.24) is 19.7 Å². The van der Waals surface area contributed by atoms with E-state index in [1.165, 1.54) is 11.1 Å². The van der Waals surface area contributed by atoms with Crippen LogP contribution in [0.5, 0.6) is 0 Å². The Kier molecular flexibility index (Phi) is 8.08. The van der Waals surface area contributed by atoms with E-state index in [0.717, 1.165) is 62.9 Å². The molecule has 1 aliphatic heterocycles. The number of carboxylic acid groups (broad SMARTS) is 1. The van der Waals surface area contributed by atoms with E-state index in [-0.39, 0.29) is 30.6 Å². The fraction of sp³-hybridized carbons (Fsp3) is 0.444. The van der Waals surface area contributed by atoms with Crippen LogP contribution in [0.2, 0.25) is 0 Å². The second kappa shape index (κ2) is 11.2. The molecule has 5 rings (SSSR count). The van der Waals surface area contributed by atoms with E-state index < -0.39 is 5.97 Å². The van der Waals surface area contributed by atoms with Gasteiger partial charge in [0.15, 0.2) is 5.82 Å². The highest BCUT2D eigenvalue weighted by Crippen LogP contribution is 2.34. The number of nitrogens with one attached hydrogen (secondary N) is 1. The second-order valence-electron chi connectivity index (χ2n) is 9.56. The first kappa shape index (κ1) is 25.2. The molecular weight excluding hydrogens is 464 g/mol. The smallest absolute Gasteiger partial charge is 0.351 e. The summed E-state index contributed by atoms with van der Waals surface area (Å²) in [4.78, 5) is 24.7. The van der Waals surface area contributed by atoms with Gasteiger partial charge in [-0.3, -0.25) is 4.79 Å². The summed E-state index contributed by atoms with van der Waals surface area (Å²) in [6.45, 7) is 1.93. The molecule has 1 aliphatic carbocycles. The number of fused-ring (bicyclic) bond motifs is 1. The highest BCUT2D eigenvalue weighted by molar-refractivity contribution is 5.85. The van der Waals surface area contributed by atoms with E-state index in [1.54, 1.807) is 9.25 Å². The molecule has 1 fully saturated rings. The zero-order chi connectivity index (χ0) is 23.5. The van der Waals surface area contributed by atoms with Gasteiger partial charge in [0.2, 0.25) is 0 Å². The van der Waals surface area contributed by atoms with Gasteiger partial charge in [-0.2, -0.15) is 0 Å². The standard InChI is InChI=1S/C27H32N4O3.ClH/c32-25(33)13-8-19-6-10-23(11-7-19)31-27(34)30(26(29-31)21-4-2-1-3-5-21)24-12-9-20-14-16-28-17-15-22(20)18-24;/h1-5,9,12,18-19,23,28H,6-8,10-11,13-17H2,(H,32,33);1H/t19-,23-;. The number of hydrogen-bond acceptors (Lipinski definition) is 4. The minimum Gasteiger partial charge on any atom is -0.481 e. The van der Waals surface area contributed by atoms with E-state index in [0.29, 0.717) is 18.2 Å². The van der Waals surface area contributed by atoms with Gasteiger partial charge < -0.3 is 10.4 Å². The second-order valence-corrected chi connectivity index (χ2v) is 9.56. The third-order valence-electron chi connectivity index (χ3n) is 7.35. The Balaban J connectivity index is 0.00000289. The van der Waals surface area contributed by atoms with Crippen molar-refractivity contribution in [2.24, 2.45) is 5.92 Å². The summed E-state index contributed by atoms with van der Waals surface area (Å²) < 4.78 is 3.45. The van der Waals surface area contributed by atoms with Crippen LogP contribution in [0.3, 0.4) is 0 Å². The van der Waals surface area contributed by atoms with Gasteiger partial charge in [0.1, 0.15) is 0 Å². The maximum Gasteiger partial charge on any atom is 0.351 e. The number of aliphatic carboxylic acids is 1. The fourth-order valence-electron chi connectivity index (χ4n) is 5.43. The van der Waals surface area contributed by atoms with Crippen LogP contribution in [-0.2, 0) is 17.6 Å². The molecule has 2 aromatic carbocycles. The number of carbonyl (C=O) groups is 1. The largest absolute Gasteiger partial charge is 0.481 e. The summed E-state index contributed by atoms with van der Waals surface area (Å²) in [5.41, 5.74) is 4.32. The number of halogens is 1. The first-order valence-corrected chi connectivity index (χ1v) is 12.4. The van der Waals surface area contributed by atoms with Crippen LogP contribution in [0.1, 0.15) is 55.7 Å². The first-order valence-electron chi connectivity index (χ1n) is 12.4. The lowest BCUT2D eigenvalue weighted by Crippen LogP contribution is -2.30. The van der Waals surface area contributed by atoms with Crippen LogP contribution in [0.25, 0.3) is 17.1 Å². The summed E-state index contributed by atoms with van der Waals surface area (Å²) >= 11 is 0. The molecule has 0 bridgehead atoms. The molecule has 1 saturated carbocycles. The van der Waals surface area contributed by atoms with Gasteiger partial charge in [-0.25, -0.2) is 14.0 Å². The van der Waals surface area contributed by atoms with Crippen molar-refractivity contribution in [1.29, 1.82) is 0 Å². The molecule has 2 N–H and O–H groups in total. The van der Waals surface area contributed by atoms with Crippen molar-refractivity contribution in [2.75, 3.05) is 13.1 Å². The van der Waals surface area contributed by atoms with Gasteiger partial charge >= 0.3 is 11.7 Å². The lowest BCUT2D eigenvalue weighted by atomic mass is 9.83. The Morgan fingerprint density at radius 1 is 1.00 bits per heavy atom. The van der Waals surface area contributed by atoms with Gasteiger partial charge in [-0.05, 0) is 87.2 Å². The molecule has 2 heterocycles. The molecule has 3 aromatic rings. The molecule has 0 unspecified atom stereocenters. The summed E-state index contributed by atoms with van der Waals surface area (Å²) in [5.74, 6) is 0.350. The van der Waals surface area contributed by atoms with Crippen molar-refractivity contribution >= 4 is 18.4 Å². The number of aromatic nitrogens is 3. The van der Waals surface area contributed by atoms with Crippen LogP contribution in [0.15, 0.2) is 53.3 Å². The Morgan fingerprint density at radius 2 is 1.71 bits per heavy atom. The number of benzene rings is 2. The SMILES string of the molecule is Cl.O=C(O)CC[C@H]1CC[C@H](n2nc(-c3ccccc3)n(-c3ccc4c(c3)CCNCC4)c2=O)CC1. The minimum absolute atomic E-state index is 0. The summed E-state index contributed by atoms with van der Waals surface area (Å²) in [6.07, 6.45) is 6.46. The Labute approximate surface area is 211 Å². The highest BCUT2D eigenvalue weighted by atomic mass is 35.5. The van der Waals surface area contributed by atoms with Gasteiger partial charge in [0.05, 0.1) is 11.7 Å². The van der Waals surface area contributed by atoms with Crippen LogP contribution in [0, 0.1) is 5.92 Å². The van der Waals surface area contributed by atoms with Crippen LogP contribution in [-0.4, -0.2) is 38.5 Å². The summed E-state index contributed by atoms with van der Waals surface area (Å²) in [5, 5.41) is 17.3. The van der Waals surface area contributed by atoms with Crippen molar-refractivity contribution in [3.8, 4) is 17.1 Å². The van der Waals surface area contributed by atoms with Crippen molar-refractivity contribution in [3.63, 3.8) is 0 Å². The maximum atomic E-state index is 13.8. The monoisotopic (exact) mass is 496 g/mol. The van der Waals surface area contributed by atoms with E-state index in [2.05, 4.69) is 17.4 Å². The lowest BCUT2D eigenvalue weighted by molar-refractivity contribution is -0.137. The Bertz CT molecular complexity index is 1210. The average molecular weight is 497 g/mol. The number of rotatable bonds is 6. The first-order chi connectivity index (χ1) is 16.6. The molecule has 35 heavy (non-hydrogen) atoms. The molecule has 0 amide bonds. The normalized spacial score (nSPS) is 19.9. The zero-order valence-corrected chi connectivity index (χ0v) is 20.7. The molecule has 186 valence electrons. The predicted octanol–water partition coefficient (Wildman–Crippen LogP) is 4.41. The van der Waals surface area contributed by atoms with E-state index in [9.17, 15) is 9.59 Å². The van der Waals surface area contributed by atoms with Crippen molar-refractivity contribution in [2.45, 2.75) is 57.4 Å². The molecule has 2 aliphatic rings. The van der Waals surface area contributed by atoms with E-state index in [1.807, 2.05) is 36.4 Å². The predicted molar refractivity (Wildman–Crippen MR) is 139 cm³/mol. The fourth-order valence-corrected chi connectivity index (χ4v) is 5.43. The van der Waals surface area contributed by atoms with Gasteiger partial charge in [-0.1, -0.05) is 36.4 Å². The molecule has 8 heteroatoms. The van der Waals surface area contributed by atoms with Crippen molar-refractivity contribution in [3.05, 3.63) is 70.1 Å². The number of carboxylic acids is 1. The molecule has 1 aromatic heterocycles. The van der Waals surface area contributed by atoms with Crippen molar-refractivity contribution < 1.29 is 9.90 Å². The molecule has 0 spiro atoms. The lowest BCUT2D eigenvalue weighted by Gasteiger charge is -2.27. The van der Waals surface area contributed by atoms with Gasteiger partial charge in [0, 0.05) is 12.0 Å². The summed E-state index contributed by atoms with van der Waals surface area (Å²) in [6, 6.07) is 16.3. The highest BCUT2D eigenvalue weighted by Gasteiger charge is 2.27. The molecular formula is C27H33ClN4O3. The molecule has 0 atom stereocenters. The molecule has 0 radical (unpaired) electrons. The third-order valence-corrected chi connectivity index (χ3v) is 7.35. The quantitative estimate of drug-likeness (QED) is 0.527. The average Bonchev–Trinajstić information content (AvgIpc) is 3.03.